The van der Waals surface area contributed by atoms with Crippen molar-refractivity contribution in [2.24, 2.45) is 5.92 Å². The molecule has 0 bridgehead atoms. The fourth-order valence-corrected chi connectivity index (χ4v) is 5.32. The average Bonchev–Trinajstić information content (AvgIpc) is 3.46. The number of ether oxygens (including phenoxy) is 2. The lowest BCUT2D eigenvalue weighted by atomic mass is 9.78. The first-order valence-electron chi connectivity index (χ1n) is 13.9. The van der Waals surface area contributed by atoms with Crippen LogP contribution in [-0.2, 0) is 20.7 Å². The molecule has 1 saturated carbocycles. The molecule has 9 nitrogen and oxygen atoms in total. The van der Waals surface area contributed by atoms with Crippen LogP contribution in [0.1, 0.15) is 52.5 Å². The van der Waals surface area contributed by atoms with Gasteiger partial charge in [-0.2, -0.15) is 0 Å². The largest absolute Gasteiger partial charge is 0.494 e. The summed E-state index contributed by atoms with van der Waals surface area (Å²) in [5.74, 6) is 1.59. The second-order valence-electron chi connectivity index (χ2n) is 11.9. The number of nitrogens with one attached hydrogen (secondary N) is 1. The topological polar surface area (TPSA) is 95.0 Å². The van der Waals surface area contributed by atoms with E-state index in [9.17, 15) is 4.79 Å². The Bertz CT molecular complexity index is 1340. The molecule has 2 aliphatic rings. The molecule has 2 fully saturated rings. The number of benzene rings is 2. The molecule has 3 aromatic rings. The predicted molar refractivity (Wildman–Crippen MR) is 156 cm³/mol. The van der Waals surface area contributed by atoms with Crippen molar-refractivity contribution in [2.75, 3.05) is 26.0 Å². The lowest BCUT2D eigenvalue weighted by Crippen LogP contribution is -2.41. The van der Waals surface area contributed by atoms with E-state index in [1.54, 1.807) is 19.1 Å². The Balaban J connectivity index is 1.19. The lowest BCUT2D eigenvalue weighted by molar-refractivity contribution is 0.00578. The minimum absolute atomic E-state index is 0.228. The van der Waals surface area contributed by atoms with Crippen LogP contribution < -0.4 is 15.5 Å². The Morgan fingerprint density at radius 2 is 1.85 bits per heavy atom. The highest BCUT2D eigenvalue weighted by molar-refractivity contribution is 6.62. The van der Waals surface area contributed by atoms with Crippen molar-refractivity contribution in [3.05, 3.63) is 54.2 Å². The van der Waals surface area contributed by atoms with Gasteiger partial charge in [-0.3, -0.25) is 0 Å². The van der Waals surface area contributed by atoms with Crippen LogP contribution in [0.3, 0.4) is 0 Å². The van der Waals surface area contributed by atoms with Crippen LogP contribution in [0, 0.1) is 5.92 Å². The van der Waals surface area contributed by atoms with Crippen molar-refractivity contribution in [1.82, 2.24) is 14.9 Å². The quantitative estimate of drug-likeness (QED) is 0.404. The molecule has 0 radical (unpaired) electrons. The predicted octanol–water partition coefficient (Wildman–Crippen LogP) is 4.79. The molecular formula is C30H39BN4O5. The molecule has 1 aliphatic carbocycles. The second kappa shape index (κ2) is 11.3. The van der Waals surface area contributed by atoms with E-state index in [1.165, 1.54) is 0 Å². The van der Waals surface area contributed by atoms with Crippen LogP contribution in [-0.4, -0.2) is 66.0 Å². The molecule has 1 aliphatic heterocycles. The average molecular weight is 546 g/mol. The third-order valence-corrected chi connectivity index (χ3v) is 8.34. The molecule has 10 heteroatoms. The highest BCUT2D eigenvalue weighted by atomic mass is 16.7. The van der Waals surface area contributed by atoms with Gasteiger partial charge in [0.05, 0.1) is 18.3 Å². The van der Waals surface area contributed by atoms with Gasteiger partial charge in [-0.1, -0.05) is 36.4 Å². The summed E-state index contributed by atoms with van der Waals surface area (Å²) in [7, 11) is 2.94. The van der Waals surface area contributed by atoms with Crippen LogP contribution in [0.15, 0.2) is 48.7 Å². The minimum Gasteiger partial charge on any atom is -0.494 e. The number of carbonyl (C=O) groups excluding carboxylic acids is 1. The maximum Gasteiger partial charge on any atom is 0.494 e. The first kappa shape index (κ1) is 28.2. The number of fused-ring (bicyclic) bond motifs is 1. The Kier molecular flexibility index (Phi) is 7.93. The zero-order valence-corrected chi connectivity index (χ0v) is 24.3. The van der Waals surface area contributed by atoms with Gasteiger partial charge in [-0.25, -0.2) is 14.8 Å². The minimum atomic E-state index is -0.495. The van der Waals surface area contributed by atoms with Gasteiger partial charge in [-0.15, -0.1) is 0 Å². The van der Waals surface area contributed by atoms with Gasteiger partial charge in [-0.05, 0) is 70.0 Å². The summed E-state index contributed by atoms with van der Waals surface area (Å²) in [6, 6.07) is 13.9. The Morgan fingerprint density at radius 1 is 1.12 bits per heavy atom. The summed E-state index contributed by atoms with van der Waals surface area (Å²) in [6.45, 7) is 9.08. The molecule has 1 amide bonds. The second-order valence-corrected chi connectivity index (χ2v) is 11.9. The summed E-state index contributed by atoms with van der Waals surface area (Å²) in [5.41, 5.74) is 1.72. The highest BCUT2D eigenvalue weighted by Gasteiger charge is 2.51. The van der Waals surface area contributed by atoms with Crippen molar-refractivity contribution in [2.45, 2.75) is 70.8 Å². The molecule has 1 saturated heterocycles. The van der Waals surface area contributed by atoms with Gasteiger partial charge in [0.25, 0.3) is 0 Å². The van der Waals surface area contributed by atoms with Crippen molar-refractivity contribution in [1.29, 1.82) is 0 Å². The van der Waals surface area contributed by atoms with Crippen LogP contribution >= 0.6 is 0 Å². The fraction of sp³-hybridized carbons (Fsp3) is 0.500. The standard InChI is InChI=1S/C30H39BN4O5/c1-29(2)30(3,4)40-31(39-29)23-15-22-17-32-27(34-26(22)25(16-23)37-6)33-24-13-12-21(14-24)18-35(5)28(36)38-19-20-10-8-7-9-11-20/h7-11,15-17,21,24H,12-14,18-19H2,1-6H3,(H,32,33,34)/t21?,24-/m0/s1. The smallest absolute Gasteiger partial charge is 0.494 e. The van der Waals surface area contributed by atoms with Crippen LogP contribution in [0.2, 0.25) is 0 Å². The molecule has 2 aromatic carbocycles. The zero-order chi connectivity index (χ0) is 28.5. The van der Waals surface area contributed by atoms with Crippen molar-refractivity contribution in [3.63, 3.8) is 0 Å². The number of amides is 1. The lowest BCUT2D eigenvalue weighted by Gasteiger charge is -2.32. The van der Waals surface area contributed by atoms with E-state index in [0.717, 1.165) is 41.2 Å². The van der Waals surface area contributed by atoms with E-state index < -0.39 is 18.3 Å². The van der Waals surface area contributed by atoms with E-state index in [-0.39, 0.29) is 18.7 Å². The number of hydrogen-bond acceptors (Lipinski definition) is 8. The molecule has 1 aromatic heterocycles. The van der Waals surface area contributed by atoms with Gasteiger partial charge in [0.15, 0.2) is 0 Å². The first-order chi connectivity index (χ1) is 19.0. The van der Waals surface area contributed by atoms with Gasteiger partial charge < -0.3 is 29.0 Å². The highest BCUT2D eigenvalue weighted by Crippen LogP contribution is 2.37. The summed E-state index contributed by atoms with van der Waals surface area (Å²) < 4.78 is 23.6. The normalized spacial score (nSPS) is 21.4. The molecule has 2 atom stereocenters. The Morgan fingerprint density at radius 3 is 2.55 bits per heavy atom. The summed E-state index contributed by atoms with van der Waals surface area (Å²) in [5, 5.41) is 4.35. The van der Waals surface area contributed by atoms with E-state index in [2.05, 4.69) is 10.3 Å². The number of hydrogen-bond donors (Lipinski definition) is 1. The number of rotatable bonds is 8. The van der Waals surface area contributed by atoms with Gasteiger partial charge in [0.2, 0.25) is 5.95 Å². The molecule has 1 unspecified atom stereocenters. The third-order valence-electron chi connectivity index (χ3n) is 8.34. The Labute approximate surface area is 236 Å². The number of carbonyl (C=O) groups is 1. The van der Waals surface area contributed by atoms with Crippen molar-refractivity contribution < 1.29 is 23.6 Å². The van der Waals surface area contributed by atoms with Gasteiger partial charge in [0, 0.05) is 31.2 Å². The molecule has 40 heavy (non-hydrogen) atoms. The molecule has 5 rings (SSSR count). The van der Waals surface area contributed by atoms with Crippen LogP contribution in [0.25, 0.3) is 10.9 Å². The summed E-state index contributed by atoms with van der Waals surface area (Å²) >= 11 is 0. The van der Waals surface area contributed by atoms with E-state index in [0.29, 0.717) is 24.2 Å². The molecule has 1 N–H and O–H groups in total. The number of anilines is 1. The first-order valence-corrected chi connectivity index (χ1v) is 13.9. The van der Waals surface area contributed by atoms with Crippen molar-refractivity contribution >= 4 is 35.5 Å². The SMILES string of the molecule is COc1cc(B2OC(C)(C)C(C)(C)O2)cc2cnc(N[C@H]3CCC(CN(C)C(=O)OCc4ccccc4)C3)nc12. The van der Waals surface area contributed by atoms with Gasteiger partial charge in [0.1, 0.15) is 17.9 Å². The van der Waals surface area contributed by atoms with E-state index in [4.69, 9.17) is 23.8 Å². The fourth-order valence-electron chi connectivity index (χ4n) is 5.32. The number of nitrogens with zero attached hydrogens (tertiary/aromatic N) is 3. The van der Waals surface area contributed by atoms with E-state index in [1.807, 2.05) is 76.4 Å². The van der Waals surface area contributed by atoms with Crippen molar-refractivity contribution in [3.8, 4) is 5.75 Å². The Hall–Kier alpha value is -3.37. The number of methoxy groups -OCH3 is 1. The maximum atomic E-state index is 12.5. The van der Waals surface area contributed by atoms with Crippen LogP contribution in [0.4, 0.5) is 10.7 Å². The van der Waals surface area contributed by atoms with Crippen LogP contribution in [0.5, 0.6) is 5.75 Å². The van der Waals surface area contributed by atoms with E-state index >= 15 is 0 Å². The molecule has 0 spiro atoms. The maximum absolute atomic E-state index is 12.5. The number of aromatic nitrogens is 2. The molecule has 212 valence electrons. The monoisotopic (exact) mass is 546 g/mol. The molecule has 2 heterocycles. The summed E-state index contributed by atoms with van der Waals surface area (Å²) in [4.78, 5) is 23.5. The summed E-state index contributed by atoms with van der Waals surface area (Å²) in [6.07, 6.45) is 4.44. The molecular weight excluding hydrogens is 507 g/mol. The third kappa shape index (κ3) is 6.03. The van der Waals surface area contributed by atoms with Gasteiger partial charge >= 0.3 is 13.2 Å². The zero-order valence-electron chi connectivity index (χ0n) is 24.3.